The van der Waals surface area contributed by atoms with E-state index in [1.807, 2.05) is 0 Å². The van der Waals surface area contributed by atoms with E-state index in [-0.39, 0.29) is 15.8 Å². The van der Waals surface area contributed by atoms with Gasteiger partial charge in [-0.15, -0.1) is 0 Å². The van der Waals surface area contributed by atoms with Crippen LogP contribution in [0.4, 0.5) is 0 Å². The fourth-order valence-corrected chi connectivity index (χ4v) is 2.22. The molecular weight excluding hydrogens is 292 g/mol. The first-order valence-electron chi connectivity index (χ1n) is 5.50. The minimum absolute atomic E-state index is 0.0342. The number of halogens is 1. The van der Waals surface area contributed by atoms with E-state index in [2.05, 4.69) is 0 Å². The highest BCUT2D eigenvalue weighted by molar-refractivity contribution is 7.79. The van der Waals surface area contributed by atoms with E-state index in [9.17, 15) is 13.6 Å². The van der Waals surface area contributed by atoms with E-state index in [0.29, 0.717) is 5.56 Å². The van der Waals surface area contributed by atoms with Gasteiger partial charge in [0.25, 0.3) is 5.91 Å². The van der Waals surface area contributed by atoms with Crippen molar-refractivity contribution in [3.05, 3.63) is 28.8 Å². The molecule has 8 heteroatoms. The molecule has 1 atom stereocenters. The maximum atomic E-state index is 11.8. The molecule has 0 spiro atoms. The van der Waals surface area contributed by atoms with Gasteiger partial charge in [0, 0.05) is 30.6 Å². The summed E-state index contributed by atoms with van der Waals surface area (Å²) in [4.78, 5) is 13.4. The molecule has 1 saturated heterocycles. The first kappa shape index (κ1) is 16.1. The van der Waals surface area contributed by atoms with Crippen molar-refractivity contribution >= 4 is 28.6 Å². The lowest BCUT2D eigenvalue weighted by Gasteiger charge is -2.31. The predicted octanol–water partition coefficient (Wildman–Crippen LogP) is 1.02. The summed E-state index contributed by atoms with van der Waals surface area (Å²) < 4.78 is 21.7. The molecule has 2 rings (SSSR count). The van der Waals surface area contributed by atoms with Gasteiger partial charge in [-0.3, -0.25) is 9.00 Å². The van der Waals surface area contributed by atoms with Crippen molar-refractivity contribution in [3.8, 4) is 0 Å². The van der Waals surface area contributed by atoms with Crippen molar-refractivity contribution in [2.45, 2.75) is 11.3 Å². The zero-order valence-corrected chi connectivity index (χ0v) is 11.8. The van der Waals surface area contributed by atoms with Gasteiger partial charge in [0.05, 0.1) is 5.02 Å². The number of amides is 1. The van der Waals surface area contributed by atoms with Gasteiger partial charge in [0.15, 0.2) is 0 Å². The van der Waals surface area contributed by atoms with Crippen molar-refractivity contribution in [3.63, 3.8) is 0 Å². The van der Waals surface area contributed by atoms with E-state index < -0.39 is 11.1 Å². The summed E-state index contributed by atoms with van der Waals surface area (Å²) in [6.07, 6.45) is 1.000. The number of hydrogen-bond donors (Lipinski definition) is 2. The van der Waals surface area contributed by atoms with Gasteiger partial charge in [-0.1, -0.05) is 11.6 Å². The first-order chi connectivity index (χ1) is 9.01. The van der Waals surface area contributed by atoms with E-state index >= 15 is 0 Å². The summed E-state index contributed by atoms with van der Waals surface area (Å²) in [5.74, 6) is -0.144. The zero-order valence-electron chi connectivity index (χ0n) is 10.3. The second-order valence-corrected chi connectivity index (χ2v) is 5.07. The summed E-state index contributed by atoms with van der Waals surface area (Å²) in [7, 11) is 1.43. The van der Waals surface area contributed by atoms with E-state index in [1.54, 1.807) is 16.4 Å². The molecule has 1 amide bonds. The molecule has 0 bridgehead atoms. The molecule has 19 heavy (non-hydrogen) atoms. The van der Waals surface area contributed by atoms with Crippen LogP contribution in [0.5, 0.6) is 0 Å². The van der Waals surface area contributed by atoms with Crippen LogP contribution in [0.25, 0.3) is 0 Å². The molecule has 0 aliphatic carbocycles. The average Bonchev–Trinajstić information content (AvgIpc) is 2.27. The Morgan fingerprint density at radius 2 is 2.11 bits per heavy atom. The largest absolute Gasteiger partial charge is 0.768 e. The van der Waals surface area contributed by atoms with Gasteiger partial charge >= 0.3 is 0 Å². The molecule has 1 aromatic carbocycles. The van der Waals surface area contributed by atoms with Crippen molar-refractivity contribution in [1.29, 1.82) is 0 Å². The van der Waals surface area contributed by atoms with Crippen LogP contribution < -0.4 is 5.48 Å². The van der Waals surface area contributed by atoms with E-state index in [4.69, 9.17) is 16.8 Å². The standard InChI is InChI=1S/C10H10ClNO3S.CH5NO/c11-8-3-2-7(6-9(8)16(14)15)10(13)12-4-1-5-12;1-2-3/h2-3,6H,1,4-5H2,(H,14,15);2-3H,1H3/p-1. The third-order valence-corrected chi connectivity index (χ3v) is 3.64. The van der Waals surface area contributed by atoms with Crippen LogP contribution in [-0.4, -0.2) is 44.9 Å². The Morgan fingerprint density at radius 3 is 2.53 bits per heavy atom. The van der Waals surface area contributed by atoms with Crippen LogP contribution >= 0.6 is 11.6 Å². The van der Waals surface area contributed by atoms with Crippen LogP contribution in [0.15, 0.2) is 23.1 Å². The molecule has 1 aliphatic rings. The Kier molecular flexibility index (Phi) is 6.40. The maximum absolute atomic E-state index is 11.8. The number of nitrogens with zero attached hydrogens (tertiary/aromatic N) is 1. The zero-order chi connectivity index (χ0) is 14.4. The van der Waals surface area contributed by atoms with Crippen molar-refractivity contribution in [2.24, 2.45) is 0 Å². The first-order valence-corrected chi connectivity index (χ1v) is 6.95. The highest BCUT2D eigenvalue weighted by Crippen LogP contribution is 2.22. The van der Waals surface area contributed by atoms with Crippen LogP contribution in [-0.2, 0) is 11.1 Å². The third kappa shape index (κ3) is 4.26. The Balaban J connectivity index is 0.000000550. The Labute approximate surface area is 118 Å². The summed E-state index contributed by atoms with van der Waals surface area (Å²) in [6.45, 7) is 1.47. The average molecular weight is 306 g/mol. The second-order valence-electron chi connectivity index (χ2n) is 3.75. The molecule has 0 radical (unpaired) electrons. The molecule has 1 aromatic rings. The van der Waals surface area contributed by atoms with E-state index in [1.165, 1.54) is 19.2 Å². The Morgan fingerprint density at radius 1 is 1.53 bits per heavy atom. The summed E-state index contributed by atoms with van der Waals surface area (Å²) in [5.41, 5.74) is 2.11. The lowest BCUT2D eigenvalue weighted by molar-refractivity contribution is 0.0651. The number of carbonyl (C=O) groups is 1. The number of likely N-dealkylation sites (tertiary alicyclic amines) is 1. The number of carbonyl (C=O) groups excluding carboxylic acids is 1. The summed E-state index contributed by atoms with van der Waals surface area (Å²) in [5, 5.41) is 7.45. The number of hydrogen-bond acceptors (Lipinski definition) is 5. The van der Waals surface area contributed by atoms with Gasteiger partial charge in [0.2, 0.25) is 0 Å². The summed E-state index contributed by atoms with van der Waals surface area (Å²) in [6, 6.07) is 4.28. The van der Waals surface area contributed by atoms with Crippen LogP contribution in [0.2, 0.25) is 5.02 Å². The van der Waals surface area contributed by atoms with Crippen LogP contribution in [0.1, 0.15) is 16.8 Å². The monoisotopic (exact) mass is 305 g/mol. The molecular formula is C11H14ClN2O4S-. The van der Waals surface area contributed by atoms with Crippen LogP contribution in [0, 0.1) is 0 Å². The minimum Gasteiger partial charge on any atom is -0.768 e. The maximum Gasteiger partial charge on any atom is 0.253 e. The van der Waals surface area contributed by atoms with Gasteiger partial charge in [-0.25, -0.2) is 5.48 Å². The fourth-order valence-electron chi connectivity index (χ4n) is 1.47. The van der Waals surface area contributed by atoms with Crippen molar-refractivity contribution in [1.82, 2.24) is 10.4 Å². The predicted molar refractivity (Wildman–Crippen MR) is 70.0 cm³/mol. The van der Waals surface area contributed by atoms with Gasteiger partial charge in [-0.05, 0) is 35.7 Å². The van der Waals surface area contributed by atoms with Crippen molar-refractivity contribution < 1.29 is 18.8 Å². The molecule has 6 nitrogen and oxygen atoms in total. The molecule has 2 N–H and O–H groups in total. The lowest BCUT2D eigenvalue weighted by atomic mass is 10.1. The molecule has 1 heterocycles. The Hall–Kier alpha value is -0.990. The number of rotatable bonds is 2. The highest BCUT2D eigenvalue weighted by Gasteiger charge is 2.22. The third-order valence-electron chi connectivity index (χ3n) is 2.50. The molecule has 0 aromatic heterocycles. The van der Waals surface area contributed by atoms with Gasteiger partial charge in [0.1, 0.15) is 0 Å². The van der Waals surface area contributed by atoms with Crippen molar-refractivity contribution in [2.75, 3.05) is 20.1 Å². The lowest BCUT2D eigenvalue weighted by Crippen LogP contribution is -2.42. The Bertz CT molecular complexity index is 480. The van der Waals surface area contributed by atoms with Crippen LogP contribution in [0.3, 0.4) is 0 Å². The molecule has 106 valence electrons. The number of nitrogens with one attached hydrogen (secondary N) is 1. The molecule has 1 aliphatic heterocycles. The second kappa shape index (κ2) is 7.56. The summed E-state index contributed by atoms with van der Waals surface area (Å²) >= 11 is 3.29. The highest BCUT2D eigenvalue weighted by atomic mass is 35.5. The SMILES string of the molecule is CNO.O=C(c1ccc(Cl)c(S(=O)[O-])c1)N1CCC1. The number of benzene rings is 1. The topological polar surface area (TPSA) is 92.7 Å². The number of hydroxylamine groups is 1. The molecule has 1 fully saturated rings. The van der Waals surface area contributed by atoms with E-state index in [0.717, 1.165) is 19.5 Å². The fraction of sp³-hybridized carbons (Fsp3) is 0.364. The quantitative estimate of drug-likeness (QED) is 0.628. The molecule has 0 saturated carbocycles. The van der Waals surface area contributed by atoms with Gasteiger partial charge in [-0.2, -0.15) is 0 Å². The minimum atomic E-state index is -2.42. The normalized spacial score (nSPS) is 15.1. The smallest absolute Gasteiger partial charge is 0.253 e. The molecule has 1 unspecified atom stereocenters. The van der Waals surface area contributed by atoms with Gasteiger partial charge < -0.3 is 14.7 Å².